The summed E-state index contributed by atoms with van der Waals surface area (Å²) >= 11 is 0. The molecule has 0 aliphatic carbocycles. The molecule has 0 spiro atoms. The van der Waals surface area contributed by atoms with Crippen LogP contribution in [0.5, 0.6) is 0 Å². The smallest absolute Gasteiger partial charge is 0.161 e. The van der Waals surface area contributed by atoms with E-state index in [9.17, 15) is 0 Å². The predicted octanol–water partition coefficient (Wildman–Crippen LogP) is 20.0. The Morgan fingerprint density at radius 3 is 1.11 bits per heavy atom. The summed E-state index contributed by atoms with van der Waals surface area (Å²) in [5.74, 6) is 0. The number of hydrogen-bond acceptors (Lipinski definition) is 3. The molecule has 13 aromatic rings. The summed E-state index contributed by atoms with van der Waals surface area (Å²) in [4.78, 5) is 4.82. The first-order valence-corrected chi connectivity index (χ1v) is 24.9. The van der Waals surface area contributed by atoms with Crippen molar-refractivity contribution < 1.29 is 4.42 Å². The summed E-state index contributed by atoms with van der Waals surface area (Å²) in [5.41, 5.74) is 19.2. The van der Waals surface area contributed by atoms with Crippen molar-refractivity contribution in [2.24, 2.45) is 0 Å². The number of hydrogen-bond donors (Lipinski definition) is 0. The zero-order valence-electron chi connectivity index (χ0n) is 40.0. The largest absolute Gasteiger partial charge is 0.453 e. The first kappa shape index (κ1) is 43.3. The van der Waals surface area contributed by atoms with Crippen LogP contribution in [0.15, 0.2) is 296 Å². The molecule has 1 aromatic heterocycles. The zero-order valence-corrected chi connectivity index (χ0v) is 40.0. The zero-order chi connectivity index (χ0) is 48.5. The van der Waals surface area contributed by atoms with Gasteiger partial charge in [0.25, 0.3) is 0 Å². The summed E-state index contributed by atoms with van der Waals surface area (Å²) < 4.78 is 7.50. The van der Waals surface area contributed by atoms with Crippen LogP contribution in [0.2, 0.25) is 0 Å². The van der Waals surface area contributed by atoms with Gasteiger partial charge in [-0.25, -0.2) is 0 Å². The van der Waals surface area contributed by atoms with Gasteiger partial charge < -0.3 is 14.2 Å². The van der Waals surface area contributed by atoms with Crippen LogP contribution in [0.3, 0.4) is 0 Å². The van der Waals surface area contributed by atoms with Gasteiger partial charge in [-0.3, -0.25) is 0 Å². The minimum atomic E-state index is 0.787. The maximum absolute atomic E-state index is 7.50. The summed E-state index contributed by atoms with van der Waals surface area (Å²) in [5, 5.41) is 4.24. The van der Waals surface area contributed by atoms with E-state index in [-0.39, 0.29) is 0 Å². The maximum atomic E-state index is 7.50. The van der Waals surface area contributed by atoms with E-state index in [1.165, 1.54) is 22.3 Å². The Morgan fingerprint density at radius 2 is 0.589 bits per heavy atom. The molecule has 0 atom stereocenters. The highest BCUT2D eigenvalue weighted by Gasteiger charge is 2.28. The van der Waals surface area contributed by atoms with Gasteiger partial charge in [-0.2, -0.15) is 0 Å². The highest BCUT2D eigenvalue weighted by atomic mass is 16.3. The van der Waals surface area contributed by atoms with Gasteiger partial charge >= 0.3 is 0 Å². The van der Waals surface area contributed by atoms with Crippen molar-refractivity contribution in [3.8, 4) is 55.6 Å². The quantitative estimate of drug-likeness (QED) is 0.129. The number of fused-ring (bicyclic) bond motifs is 5. The molecule has 0 unspecified atom stereocenters. The fourth-order valence-corrected chi connectivity index (χ4v) is 10.5. The molecule has 1 heterocycles. The first-order valence-electron chi connectivity index (χ1n) is 24.9. The molecule has 344 valence electrons. The molecule has 3 nitrogen and oxygen atoms in total. The number of furan rings is 1. The van der Waals surface area contributed by atoms with Gasteiger partial charge in [-0.05, 0) is 104 Å². The molecule has 0 amide bonds. The van der Waals surface area contributed by atoms with E-state index in [1.807, 2.05) is 0 Å². The summed E-state index contributed by atoms with van der Waals surface area (Å²) in [6.45, 7) is 0. The topological polar surface area (TPSA) is 19.6 Å². The number of anilines is 6. The highest BCUT2D eigenvalue weighted by molar-refractivity contribution is 6.22. The van der Waals surface area contributed by atoms with Crippen LogP contribution in [0.25, 0.3) is 88.3 Å². The van der Waals surface area contributed by atoms with Crippen molar-refractivity contribution in [1.29, 1.82) is 0 Å². The van der Waals surface area contributed by atoms with Gasteiger partial charge in [0.2, 0.25) is 0 Å². The second kappa shape index (κ2) is 18.9. The molecule has 0 saturated carbocycles. The predicted molar refractivity (Wildman–Crippen MR) is 308 cm³/mol. The molecule has 13 rings (SSSR count). The first-order chi connectivity index (χ1) is 36.2. The molecule has 0 aliphatic rings. The van der Waals surface area contributed by atoms with Crippen LogP contribution in [0, 0.1) is 0 Å². The van der Waals surface area contributed by atoms with Gasteiger partial charge in [-0.15, -0.1) is 0 Å². The number of nitrogens with zero attached hydrogens (tertiary/aromatic N) is 2. The Kier molecular flexibility index (Phi) is 11.2. The van der Waals surface area contributed by atoms with Gasteiger partial charge in [0, 0.05) is 33.3 Å². The molecule has 0 bridgehead atoms. The van der Waals surface area contributed by atoms with Gasteiger partial charge in [0.1, 0.15) is 5.58 Å². The van der Waals surface area contributed by atoms with Crippen molar-refractivity contribution in [2.75, 3.05) is 9.80 Å². The molecule has 0 N–H and O–H groups in total. The Morgan fingerprint density at radius 1 is 0.219 bits per heavy atom. The third-order valence-electron chi connectivity index (χ3n) is 14.1. The number of rotatable bonds is 11. The normalized spacial score (nSPS) is 11.3. The van der Waals surface area contributed by atoms with Crippen LogP contribution >= 0.6 is 0 Å². The Labute approximate surface area is 425 Å². The van der Waals surface area contributed by atoms with Crippen LogP contribution in [-0.2, 0) is 0 Å². The molecule has 12 aromatic carbocycles. The van der Waals surface area contributed by atoms with Crippen LogP contribution < -0.4 is 9.80 Å². The summed E-state index contributed by atoms with van der Waals surface area (Å²) in [7, 11) is 0. The minimum Gasteiger partial charge on any atom is -0.453 e. The third-order valence-corrected chi connectivity index (χ3v) is 14.1. The number of para-hydroxylation sites is 2. The molecule has 0 aliphatic heterocycles. The van der Waals surface area contributed by atoms with E-state index in [2.05, 4.69) is 301 Å². The van der Waals surface area contributed by atoms with Crippen LogP contribution in [-0.4, -0.2) is 0 Å². The van der Waals surface area contributed by atoms with Crippen molar-refractivity contribution in [1.82, 2.24) is 0 Å². The average Bonchev–Trinajstić information content (AvgIpc) is 3.89. The Balaban J connectivity index is 1.08. The van der Waals surface area contributed by atoms with Crippen molar-refractivity contribution >= 4 is 66.8 Å². The summed E-state index contributed by atoms with van der Waals surface area (Å²) in [6, 6.07) is 104. The van der Waals surface area contributed by atoms with Gasteiger partial charge in [0.05, 0.1) is 28.1 Å². The van der Waals surface area contributed by atoms with Crippen LogP contribution in [0.1, 0.15) is 0 Å². The molecule has 0 fully saturated rings. The lowest BCUT2D eigenvalue weighted by atomic mass is 9.97. The Bertz CT molecular complexity index is 4040. The van der Waals surface area contributed by atoms with Crippen LogP contribution in [0.4, 0.5) is 34.1 Å². The molecular formula is C70H48N2O. The lowest BCUT2D eigenvalue weighted by molar-refractivity contribution is 0.673. The van der Waals surface area contributed by atoms with E-state index in [0.29, 0.717) is 0 Å². The molecule has 73 heavy (non-hydrogen) atoms. The minimum absolute atomic E-state index is 0.787. The van der Waals surface area contributed by atoms with Gasteiger partial charge in [-0.1, -0.05) is 237 Å². The van der Waals surface area contributed by atoms with Gasteiger partial charge in [0.15, 0.2) is 5.58 Å². The highest BCUT2D eigenvalue weighted by Crippen LogP contribution is 2.52. The van der Waals surface area contributed by atoms with E-state index in [1.54, 1.807) is 0 Å². The second-order valence-corrected chi connectivity index (χ2v) is 18.4. The average molecular weight is 933 g/mol. The monoisotopic (exact) mass is 932 g/mol. The lowest BCUT2D eigenvalue weighted by Crippen LogP contribution is -2.14. The van der Waals surface area contributed by atoms with E-state index in [0.717, 1.165) is 100 Å². The fourth-order valence-electron chi connectivity index (χ4n) is 10.5. The molecular weight excluding hydrogens is 885 g/mol. The van der Waals surface area contributed by atoms with Crippen molar-refractivity contribution in [3.05, 3.63) is 291 Å². The fraction of sp³-hybridized carbons (Fsp3) is 0. The lowest BCUT2D eigenvalue weighted by Gasteiger charge is -2.31. The maximum Gasteiger partial charge on any atom is 0.161 e. The Hall–Kier alpha value is -9.70. The van der Waals surface area contributed by atoms with E-state index >= 15 is 0 Å². The third kappa shape index (κ3) is 8.09. The van der Waals surface area contributed by atoms with Crippen molar-refractivity contribution in [3.63, 3.8) is 0 Å². The van der Waals surface area contributed by atoms with Crippen molar-refractivity contribution in [2.45, 2.75) is 0 Å². The molecule has 3 heteroatoms. The SMILES string of the molecule is c1ccc(-c2ccc(-c3ccccc3N(c3ccc(-c4ccccc4)cc3)c3ccc(N(c4ccc(-c5ccccc5)cc4)c4ccccc4-c4ccccc4)c4oc5c6ccccc6ccc5c34)cc2)cc1. The number of benzene rings is 12. The molecule has 0 saturated heterocycles. The van der Waals surface area contributed by atoms with E-state index in [4.69, 9.17) is 4.42 Å². The molecule has 0 radical (unpaired) electrons. The standard InChI is InChI=1S/C70H48N2O/c1-5-19-49(20-6-1)52-33-35-57(36-34-52)61-29-16-17-31-64(61)71(58-42-37-53(38-43-58)50-21-7-2-8-22-50)66-47-48-67(70-68(66)63-46-41-56-27-13-14-30-62(56)69(63)73-70)72(59-44-39-54(40-45-59)51-23-9-3-10-24-51)65-32-18-15-28-60(65)55-25-11-4-12-26-55/h1-48H. The second-order valence-electron chi connectivity index (χ2n) is 18.4. The van der Waals surface area contributed by atoms with E-state index < -0.39 is 0 Å². The summed E-state index contributed by atoms with van der Waals surface area (Å²) in [6.07, 6.45) is 0.